The minimum Gasteiger partial charge on any atom is -0.497 e. The van der Waals surface area contributed by atoms with E-state index in [4.69, 9.17) is 9.47 Å². The van der Waals surface area contributed by atoms with Gasteiger partial charge in [0.1, 0.15) is 17.5 Å². The van der Waals surface area contributed by atoms with Gasteiger partial charge in [0.25, 0.3) is 5.91 Å². The Kier molecular flexibility index (Phi) is 8.47. The molecule has 0 radical (unpaired) electrons. The Morgan fingerprint density at radius 1 is 0.939 bits per heavy atom. The Morgan fingerprint density at radius 2 is 1.64 bits per heavy atom. The van der Waals surface area contributed by atoms with E-state index in [-0.39, 0.29) is 25.0 Å². The van der Waals surface area contributed by atoms with E-state index in [1.54, 1.807) is 19.1 Å². The number of rotatable bonds is 10. The standard InChI is InChI=1S/C27H30N2O4/c1-20-10-7-8-15-25(20)33-19-26(30)29(18-22-13-9-14-23(16-22)32-3)24(27(31)28-2)17-21-11-5-4-6-12-21/h4-16,24H,17-19H2,1-3H3,(H,28,31). The average Bonchev–Trinajstić information content (AvgIpc) is 2.85. The lowest BCUT2D eigenvalue weighted by Crippen LogP contribution is -2.51. The van der Waals surface area contributed by atoms with Crippen LogP contribution >= 0.6 is 0 Å². The third-order valence-corrected chi connectivity index (χ3v) is 5.45. The second-order valence-electron chi connectivity index (χ2n) is 7.75. The minimum absolute atomic E-state index is 0.170. The maximum Gasteiger partial charge on any atom is 0.261 e. The summed E-state index contributed by atoms with van der Waals surface area (Å²) in [6.45, 7) is 2.01. The van der Waals surface area contributed by atoms with E-state index in [1.807, 2.05) is 85.8 Å². The lowest BCUT2D eigenvalue weighted by atomic mass is 10.0. The summed E-state index contributed by atoms with van der Waals surface area (Å²) >= 11 is 0. The largest absolute Gasteiger partial charge is 0.497 e. The molecule has 0 aliphatic heterocycles. The van der Waals surface area contributed by atoms with E-state index in [0.717, 1.165) is 16.7 Å². The van der Waals surface area contributed by atoms with E-state index in [9.17, 15) is 9.59 Å². The summed E-state index contributed by atoms with van der Waals surface area (Å²) in [5, 5.41) is 2.71. The first-order chi connectivity index (χ1) is 16.0. The van der Waals surface area contributed by atoms with Gasteiger partial charge in [-0.25, -0.2) is 0 Å². The third-order valence-electron chi connectivity index (χ3n) is 5.45. The highest BCUT2D eigenvalue weighted by Gasteiger charge is 2.30. The number of amides is 2. The summed E-state index contributed by atoms with van der Waals surface area (Å²) < 4.78 is 11.2. The van der Waals surface area contributed by atoms with Crippen molar-refractivity contribution in [1.29, 1.82) is 0 Å². The van der Waals surface area contributed by atoms with Crippen molar-refractivity contribution in [3.8, 4) is 11.5 Å². The van der Waals surface area contributed by atoms with E-state index in [2.05, 4.69) is 5.32 Å². The summed E-state index contributed by atoms with van der Waals surface area (Å²) in [5.74, 6) is 0.832. The molecule has 3 aromatic carbocycles. The summed E-state index contributed by atoms with van der Waals surface area (Å²) in [5.41, 5.74) is 2.77. The van der Waals surface area contributed by atoms with Crippen molar-refractivity contribution in [2.45, 2.75) is 25.9 Å². The number of benzene rings is 3. The molecule has 0 aliphatic carbocycles. The second-order valence-corrected chi connectivity index (χ2v) is 7.75. The lowest BCUT2D eigenvalue weighted by Gasteiger charge is -2.31. The monoisotopic (exact) mass is 446 g/mol. The first kappa shape index (κ1) is 23.9. The summed E-state index contributed by atoms with van der Waals surface area (Å²) in [7, 11) is 3.18. The molecule has 0 aliphatic rings. The van der Waals surface area contributed by atoms with Crippen LogP contribution in [-0.2, 0) is 22.6 Å². The van der Waals surface area contributed by atoms with Crippen molar-refractivity contribution in [3.05, 3.63) is 95.6 Å². The molecule has 0 saturated heterocycles. The van der Waals surface area contributed by atoms with Crippen LogP contribution in [0.4, 0.5) is 0 Å². The van der Waals surface area contributed by atoms with Crippen molar-refractivity contribution in [3.63, 3.8) is 0 Å². The van der Waals surface area contributed by atoms with Gasteiger partial charge in [0, 0.05) is 20.0 Å². The average molecular weight is 447 g/mol. The van der Waals surface area contributed by atoms with Crippen molar-refractivity contribution < 1.29 is 19.1 Å². The van der Waals surface area contributed by atoms with Gasteiger partial charge < -0.3 is 19.7 Å². The van der Waals surface area contributed by atoms with E-state index in [1.165, 1.54) is 0 Å². The highest BCUT2D eigenvalue weighted by Crippen LogP contribution is 2.20. The van der Waals surface area contributed by atoms with E-state index >= 15 is 0 Å². The van der Waals surface area contributed by atoms with Gasteiger partial charge >= 0.3 is 0 Å². The second kappa shape index (κ2) is 11.7. The number of nitrogens with zero attached hydrogens (tertiary/aromatic N) is 1. The predicted octanol–water partition coefficient (Wildman–Crippen LogP) is 3.77. The molecule has 1 unspecified atom stereocenters. The molecule has 0 bridgehead atoms. The number of hydrogen-bond donors (Lipinski definition) is 1. The van der Waals surface area contributed by atoms with Gasteiger partial charge in [-0.05, 0) is 41.8 Å². The maximum atomic E-state index is 13.4. The van der Waals surface area contributed by atoms with Crippen LogP contribution in [0.2, 0.25) is 0 Å². The molecule has 6 heteroatoms. The number of likely N-dealkylation sites (N-methyl/N-ethyl adjacent to an activating group) is 1. The van der Waals surface area contributed by atoms with Gasteiger partial charge in [-0.15, -0.1) is 0 Å². The first-order valence-corrected chi connectivity index (χ1v) is 10.9. The molecule has 1 N–H and O–H groups in total. The van der Waals surface area contributed by atoms with Crippen LogP contribution in [0.15, 0.2) is 78.9 Å². The Labute approximate surface area is 195 Å². The van der Waals surface area contributed by atoms with Crippen molar-refractivity contribution in [2.75, 3.05) is 20.8 Å². The minimum atomic E-state index is -0.698. The van der Waals surface area contributed by atoms with Crippen LogP contribution < -0.4 is 14.8 Å². The predicted molar refractivity (Wildman–Crippen MR) is 128 cm³/mol. The molecule has 3 rings (SSSR count). The molecule has 0 heterocycles. The zero-order valence-electron chi connectivity index (χ0n) is 19.3. The Morgan fingerprint density at radius 3 is 2.33 bits per heavy atom. The van der Waals surface area contributed by atoms with Crippen molar-refractivity contribution in [1.82, 2.24) is 10.2 Å². The van der Waals surface area contributed by atoms with Crippen LogP contribution in [0.3, 0.4) is 0 Å². The zero-order valence-corrected chi connectivity index (χ0v) is 19.3. The Hall–Kier alpha value is -3.80. The van der Waals surface area contributed by atoms with Crippen LogP contribution in [0.1, 0.15) is 16.7 Å². The highest BCUT2D eigenvalue weighted by atomic mass is 16.5. The number of carbonyl (C=O) groups excluding carboxylic acids is 2. The molecule has 172 valence electrons. The Balaban J connectivity index is 1.89. The number of ether oxygens (including phenoxy) is 2. The number of nitrogens with one attached hydrogen (secondary N) is 1. The normalized spacial score (nSPS) is 11.4. The highest BCUT2D eigenvalue weighted by molar-refractivity contribution is 5.88. The topological polar surface area (TPSA) is 67.9 Å². The molecular weight excluding hydrogens is 416 g/mol. The summed E-state index contributed by atoms with van der Waals surface area (Å²) in [4.78, 5) is 27.9. The summed E-state index contributed by atoms with van der Waals surface area (Å²) in [6.07, 6.45) is 0.389. The summed E-state index contributed by atoms with van der Waals surface area (Å²) in [6, 6.07) is 24.0. The number of aryl methyl sites for hydroxylation is 1. The quantitative estimate of drug-likeness (QED) is 0.515. The lowest BCUT2D eigenvalue weighted by molar-refractivity contribution is -0.142. The SMILES string of the molecule is CNC(=O)C(Cc1ccccc1)N(Cc1cccc(OC)c1)C(=O)COc1ccccc1C. The molecule has 0 saturated carbocycles. The van der Waals surface area contributed by atoms with Crippen LogP contribution in [-0.4, -0.2) is 43.5 Å². The zero-order chi connectivity index (χ0) is 23.6. The molecule has 0 fully saturated rings. The molecule has 3 aromatic rings. The smallest absolute Gasteiger partial charge is 0.261 e. The number of carbonyl (C=O) groups is 2. The molecule has 33 heavy (non-hydrogen) atoms. The fraction of sp³-hybridized carbons (Fsp3) is 0.259. The maximum absolute atomic E-state index is 13.4. The van der Waals surface area contributed by atoms with Crippen LogP contribution in [0.5, 0.6) is 11.5 Å². The fourth-order valence-corrected chi connectivity index (χ4v) is 3.63. The number of para-hydroxylation sites is 1. The van der Waals surface area contributed by atoms with Crippen molar-refractivity contribution >= 4 is 11.8 Å². The molecule has 0 aromatic heterocycles. The first-order valence-electron chi connectivity index (χ1n) is 10.9. The van der Waals surface area contributed by atoms with Crippen molar-refractivity contribution in [2.24, 2.45) is 0 Å². The van der Waals surface area contributed by atoms with Gasteiger partial charge in [-0.1, -0.05) is 60.7 Å². The van der Waals surface area contributed by atoms with E-state index in [0.29, 0.717) is 17.9 Å². The fourth-order valence-electron chi connectivity index (χ4n) is 3.63. The number of methoxy groups -OCH3 is 1. The molecule has 0 spiro atoms. The molecule has 1 atom stereocenters. The molecule has 6 nitrogen and oxygen atoms in total. The molecule has 2 amide bonds. The van der Waals surface area contributed by atoms with Gasteiger partial charge in [0.05, 0.1) is 7.11 Å². The van der Waals surface area contributed by atoms with Crippen LogP contribution in [0, 0.1) is 6.92 Å². The van der Waals surface area contributed by atoms with Gasteiger partial charge in [0.2, 0.25) is 5.91 Å². The third kappa shape index (κ3) is 6.59. The Bertz CT molecular complexity index is 1070. The number of hydrogen-bond acceptors (Lipinski definition) is 4. The van der Waals surface area contributed by atoms with Gasteiger partial charge in [-0.2, -0.15) is 0 Å². The van der Waals surface area contributed by atoms with E-state index < -0.39 is 6.04 Å². The van der Waals surface area contributed by atoms with Gasteiger partial charge in [0.15, 0.2) is 6.61 Å². The van der Waals surface area contributed by atoms with Crippen LogP contribution in [0.25, 0.3) is 0 Å². The van der Waals surface area contributed by atoms with Gasteiger partial charge in [-0.3, -0.25) is 9.59 Å². The molecular formula is C27H30N2O4.